The van der Waals surface area contributed by atoms with E-state index in [2.05, 4.69) is 39.1 Å². The van der Waals surface area contributed by atoms with Crippen LogP contribution < -0.4 is 5.32 Å². The molecule has 1 fully saturated rings. The number of carbonyl (C=O) groups is 1. The smallest absolute Gasteiger partial charge is 0.283 e. The Morgan fingerprint density at radius 3 is 2.48 bits per heavy atom. The highest BCUT2D eigenvalue weighted by molar-refractivity contribution is 7.99. The van der Waals surface area contributed by atoms with E-state index in [0.717, 1.165) is 10.5 Å². The van der Waals surface area contributed by atoms with Gasteiger partial charge in [-0.15, -0.1) is 0 Å². The number of carbonyl (C=O) groups excluding carboxylic acids is 1. The van der Waals surface area contributed by atoms with Crippen LogP contribution in [0.5, 0.6) is 0 Å². The molecule has 2 atom stereocenters. The Hall–Kier alpha value is -2.64. The molecule has 1 aliphatic rings. The van der Waals surface area contributed by atoms with E-state index in [0.29, 0.717) is 29.5 Å². The second-order valence-electron chi connectivity index (χ2n) is 8.32. The highest BCUT2D eigenvalue weighted by Crippen LogP contribution is 2.39. The molecule has 1 heterocycles. The van der Waals surface area contributed by atoms with Gasteiger partial charge in [0.1, 0.15) is 0 Å². The fourth-order valence-corrected chi connectivity index (χ4v) is 4.99. The lowest BCUT2D eigenvalue weighted by molar-refractivity contribution is -0.387. The zero-order valence-electron chi connectivity index (χ0n) is 18.4. The standard InChI is InChI=1S/C24H29N3O3S/c1-16(2)20-7-5-6-8-22(20)31-23-11-9-19(13-21(23)27(29)30)10-12-24(28)26-14-17(3)25-18(4)15-26/h5-13,16-18,25H,14-15H2,1-4H3/b12-10+. The third-order valence-corrected chi connectivity index (χ3v) is 6.39. The lowest BCUT2D eigenvalue weighted by atomic mass is 10.0. The Balaban J connectivity index is 1.80. The Morgan fingerprint density at radius 2 is 1.84 bits per heavy atom. The average molecular weight is 440 g/mol. The molecule has 1 aliphatic heterocycles. The molecule has 0 radical (unpaired) electrons. The monoisotopic (exact) mass is 439 g/mol. The van der Waals surface area contributed by atoms with Crippen LogP contribution in [0.2, 0.25) is 0 Å². The molecule has 0 aromatic heterocycles. The molecule has 6 nitrogen and oxygen atoms in total. The number of amides is 1. The minimum atomic E-state index is -0.362. The van der Waals surface area contributed by atoms with E-state index in [-0.39, 0.29) is 28.6 Å². The van der Waals surface area contributed by atoms with Gasteiger partial charge in [-0.05, 0) is 49.1 Å². The van der Waals surface area contributed by atoms with Crippen LogP contribution in [-0.2, 0) is 4.79 Å². The van der Waals surface area contributed by atoms with Crippen molar-refractivity contribution in [1.82, 2.24) is 10.2 Å². The van der Waals surface area contributed by atoms with Crippen molar-refractivity contribution < 1.29 is 9.72 Å². The predicted molar refractivity (Wildman–Crippen MR) is 125 cm³/mol. The van der Waals surface area contributed by atoms with Crippen molar-refractivity contribution in [3.8, 4) is 0 Å². The third kappa shape index (κ3) is 5.95. The zero-order chi connectivity index (χ0) is 22.5. The molecule has 7 heteroatoms. The molecule has 2 aromatic rings. The summed E-state index contributed by atoms with van der Waals surface area (Å²) >= 11 is 1.41. The van der Waals surface area contributed by atoms with Crippen LogP contribution in [0.1, 0.15) is 44.7 Å². The van der Waals surface area contributed by atoms with E-state index in [1.165, 1.54) is 23.9 Å². The van der Waals surface area contributed by atoms with Gasteiger partial charge in [0.2, 0.25) is 5.91 Å². The van der Waals surface area contributed by atoms with Crippen LogP contribution in [-0.4, -0.2) is 40.9 Å². The lowest BCUT2D eigenvalue weighted by Gasteiger charge is -2.35. The second-order valence-corrected chi connectivity index (χ2v) is 9.41. The van der Waals surface area contributed by atoms with Gasteiger partial charge in [-0.1, -0.05) is 49.9 Å². The van der Waals surface area contributed by atoms with E-state index >= 15 is 0 Å². The van der Waals surface area contributed by atoms with E-state index in [1.54, 1.807) is 12.1 Å². The SMILES string of the molecule is CC1CN(C(=O)/C=C/c2ccc(Sc3ccccc3C(C)C)c([N+](=O)[O-])c2)CC(C)N1. The molecule has 2 unspecified atom stereocenters. The van der Waals surface area contributed by atoms with E-state index in [9.17, 15) is 14.9 Å². The first kappa shape index (κ1) is 23.0. The van der Waals surface area contributed by atoms with Crippen molar-refractivity contribution in [3.05, 3.63) is 69.8 Å². The molecule has 0 aliphatic carbocycles. The van der Waals surface area contributed by atoms with Crippen molar-refractivity contribution >= 4 is 29.4 Å². The van der Waals surface area contributed by atoms with Gasteiger partial charge in [-0.25, -0.2) is 0 Å². The number of nitro groups is 1. The Kier molecular flexibility index (Phi) is 7.51. The third-order valence-electron chi connectivity index (χ3n) is 5.23. The quantitative estimate of drug-likeness (QED) is 0.385. The summed E-state index contributed by atoms with van der Waals surface area (Å²) in [5.74, 6) is 0.249. The summed E-state index contributed by atoms with van der Waals surface area (Å²) in [5, 5.41) is 15.1. The molecule has 2 aromatic carbocycles. The predicted octanol–water partition coefficient (Wildman–Crippen LogP) is 5.09. The van der Waals surface area contributed by atoms with Crippen molar-refractivity contribution in [1.29, 1.82) is 0 Å². The number of benzene rings is 2. The Labute approximate surface area is 187 Å². The molecule has 0 saturated carbocycles. The van der Waals surface area contributed by atoms with Crippen LogP contribution in [0.3, 0.4) is 0 Å². The van der Waals surface area contributed by atoms with Crippen molar-refractivity contribution in [2.45, 2.75) is 55.5 Å². The lowest BCUT2D eigenvalue weighted by Crippen LogP contribution is -2.55. The minimum absolute atomic E-state index is 0.0441. The minimum Gasteiger partial charge on any atom is -0.336 e. The number of hydrogen-bond acceptors (Lipinski definition) is 5. The summed E-state index contributed by atoms with van der Waals surface area (Å²) in [6.07, 6.45) is 3.16. The van der Waals surface area contributed by atoms with E-state index in [1.807, 2.05) is 29.2 Å². The zero-order valence-corrected chi connectivity index (χ0v) is 19.2. The number of nitro benzene ring substituents is 1. The molecule has 164 valence electrons. The normalized spacial score (nSPS) is 19.2. The van der Waals surface area contributed by atoms with Crippen molar-refractivity contribution in [2.24, 2.45) is 0 Å². The Morgan fingerprint density at radius 1 is 1.16 bits per heavy atom. The maximum atomic E-state index is 12.6. The van der Waals surface area contributed by atoms with E-state index in [4.69, 9.17) is 0 Å². The summed E-state index contributed by atoms with van der Waals surface area (Å²) in [6.45, 7) is 9.63. The molecule has 0 spiro atoms. The molecule has 3 rings (SSSR count). The van der Waals surface area contributed by atoms with Crippen LogP contribution >= 0.6 is 11.8 Å². The van der Waals surface area contributed by atoms with Gasteiger partial charge >= 0.3 is 0 Å². The van der Waals surface area contributed by atoms with Gasteiger partial charge in [0.15, 0.2) is 0 Å². The van der Waals surface area contributed by atoms with E-state index < -0.39 is 0 Å². The highest BCUT2D eigenvalue weighted by atomic mass is 32.2. The molecule has 31 heavy (non-hydrogen) atoms. The summed E-state index contributed by atoms with van der Waals surface area (Å²) in [5.41, 5.74) is 1.84. The first-order valence-corrected chi connectivity index (χ1v) is 11.3. The fourth-order valence-electron chi connectivity index (χ4n) is 3.82. The van der Waals surface area contributed by atoms with Crippen LogP contribution in [0.4, 0.5) is 5.69 Å². The van der Waals surface area contributed by atoms with Crippen LogP contribution in [0.25, 0.3) is 6.08 Å². The second kappa shape index (κ2) is 10.1. The summed E-state index contributed by atoms with van der Waals surface area (Å²) in [4.78, 5) is 27.3. The number of nitrogens with one attached hydrogen (secondary N) is 1. The largest absolute Gasteiger partial charge is 0.336 e. The van der Waals surface area contributed by atoms with Crippen LogP contribution in [0.15, 0.2) is 58.3 Å². The summed E-state index contributed by atoms with van der Waals surface area (Å²) in [6, 6.07) is 13.6. The van der Waals surface area contributed by atoms with Gasteiger partial charge in [0.05, 0.1) is 9.82 Å². The van der Waals surface area contributed by atoms with Crippen molar-refractivity contribution in [2.75, 3.05) is 13.1 Å². The van der Waals surface area contributed by atoms with Gasteiger partial charge in [-0.3, -0.25) is 14.9 Å². The van der Waals surface area contributed by atoms with Gasteiger partial charge in [0, 0.05) is 42.2 Å². The van der Waals surface area contributed by atoms with Gasteiger partial charge < -0.3 is 10.2 Å². The average Bonchev–Trinajstić information content (AvgIpc) is 2.72. The fraction of sp³-hybridized carbons (Fsp3) is 0.375. The highest BCUT2D eigenvalue weighted by Gasteiger charge is 2.23. The Bertz CT molecular complexity index is 980. The van der Waals surface area contributed by atoms with Gasteiger partial charge in [0.25, 0.3) is 5.69 Å². The number of piperazine rings is 1. The van der Waals surface area contributed by atoms with Gasteiger partial charge in [-0.2, -0.15) is 0 Å². The summed E-state index contributed by atoms with van der Waals surface area (Å²) in [7, 11) is 0. The topological polar surface area (TPSA) is 75.5 Å². The van der Waals surface area contributed by atoms with Crippen molar-refractivity contribution in [3.63, 3.8) is 0 Å². The first-order chi connectivity index (χ1) is 14.7. The number of rotatable bonds is 6. The first-order valence-electron chi connectivity index (χ1n) is 10.5. The maximum absolute atomic E-state index is 12.6. The molecular formula is C24H29N3O3S. The number of nitrogens with zero attached hydrogens (tertiary/aromatic N) is 2. The molecular weight excluding hydrogens is 410 g/mol. The molecule has 1 N–H and O–H groups in total. The molecule has 0 bridgehead atoms. The number of hydrogen-bond donors (Lipinski definition) is 1. The van der Waals surface area contributed by atoms with Crippen LogP contribution in [0, 0.1) is 10.1 Å². The molecule has 1 amide bonds. The molecule has 1 saturated heterocycles. The maximum Gasteiger partial charge on any atom is 0.283 e. The summed E-state index contributed by atoms with van der Waals surface area (Å²) < 4.78 is 0.